The molecule has 1 aliphatic heterocycles. The zero-order valence-corrected chi connectivity index (χ0v) is 13.7. The third-order valence-electron chi connectivity index (χ3n) is 3.72. The first-order valence-corrected chi connectivity index (χ1v) is 7.76. The summed E-state index contributed by atoms with van der Waals surface area (Å²) in [5.74, 6) is 0. The molecule has 4 heteroatoms. The summed E-state index contributed by atoms with van der Waals surface area (Å²) >= 11 is 3.57. The molecule has 1 aromatic carbocycles. The Labute approximate surface area is 124 Å². The van der Waals surface area contributed by atoms with Crippen LogP contribution in [0.15, 0.2) is 22.7 Å². The van der Waals surface area contributed by atoms with Crippen molar-refractivity contribution in [2.45, 2.75) is 32.4 Å². The van der Waals surface area contributed by atoms with Gasteiger partial charge < -0.3 is 15.5 Å². The highest BCUT2D eigenvalue weighted by Crippen LogP contribution is 2.28. The topological polar surface area (TPSA) is 32.5 Å². The van der Waals surface area contributed by atoms with Gasteiger partial charge in [-0.15, -0.1) is 0 Å². The van der Waals surface area contributed by atoms with Gasteiger partial charge >= 0.3 is 0 Å². The summed E-state index contributed by atoms with van der Waals surface area (Å²) < 4.78 is 1.13. The molecule has 3 nitrogen and oxygen atoms in total. The minimum Gasteiger partial charge on any atom is -0.366 e. The molecule has 0 aliphatic carbocycles. The first-order valence-electron chi connectivity index (χ1n) is 6.96. The fourth-order valence-corrected chi connectivity index (χ4v) is 3.25. The SMILES string of the molecule is CC(N)Cc1cc(Br)ccc1N1CCN(C)CC1C. The monoisotopic (exact) mass is 325 g/mol. The number of anilines is 1. The van der Waals surface area contributed by atoms with Crippen LogP contribution in [-0.4, -0.2) is 43.7 Å². The van der Waals surface area contributed by atoms with Crippen LogP contribution in [-0.2, 0) is 6.42 Å². The number of hydrogen-bond donors (Lipinski definition) is 1. The van der Waals surface area contributed by atoms with Gasteiger partial charge in [0.25, 0.3) is 0 Å². The van der Waals surface area contributed by atoms with Crippen molar-refractivity contribution >= 4 is 21.6 Å². The van der Waals surface area contributed by atoms with Crippen molar-refractivity contribution < 1.29 is 0 Å². The molecule has 2 rings (SSSR count). The molecule has 0 radical (unpaired) electrons. The Balaban J connectivity index is 2.27. The third kappa shape index (κ3) is 3.71. The Morgan fingerprint density at radius 2 is 2.16 bits per heavy atom. The van der Waals surface area contributed by atoms with Crippen LogP contribution in [0.3, 0.4) is 0 Å². The highest BCUT2D eigenvalue weighted by atomic mass is 79.9. The number of nitrogens with zero attached hydrogens (tertiary/aromatic N) is 2. The molecule has 2 N–H and O–H groups in total. The van der Waals surface area contributed by atoms with Gasteiger partial charge in [-0.2, -0.15) is 0 Å². The Morgan fingerprint density at radius 1 is 1.42 bits per heavy atom. The smallest absolute Gasteiger partial charge is 0.0403 e. The quantitative estimate of drug-likeness (QED) is 0.926. The van der Waals surface area contributed by atoms with Gasteiger partial charge in [-0.3, -0.25) is 0 Å². The third-order valence-corrected chi connectivity index (χ3v) is 4.22. The van der Waals surface area contributed by atoms with Crippen LogP contribution in [0.1, 0.15) is 19.4 Å². The normalized spacial score (nSPS) is 22.6. The zero-order chi connectivity index (χ0) is 14.0. The summed E-state index contributed by atoms with van der Waals surface area (Å²) in [5.41, 5.74) is 8.68. The number of rotatable bonds is 3. The molecular weight excluding hydrogens is 302 g/mol. The number of halogens is 1. The Morgan fingerprint density at radius 3 is 2.79 bits per heavy atom. The molecule has 0 aromatic heterocycles. The molecule has 1 aromatic rings. The van der Waals surface area contributed by atoms with E-state index in [2.05, 4.69) is 64.8 Å². The van der Waals surface area contributed by atoms with E-state index in [0.717, 1.165) is 30.5 Å². The van der Waals surface area contributed by atoms with E-state index in [4.69, 9.17) is 5.73 Å². The lowest BCUT2D eigenvalue weighted by Crippen LogP contribution is -2.50. The van der Waals surface area contributed by atoms with E-state index < -0.39 is 0 Å². The number of hydrogen-bond acceptors (Lipinski definition) is 3. The maximum absolute atomic E-state index is 5.99. The molecule has 1 fully saturated rings. The number of likely N-dealkylation sites (N-methyl/N-ethyl adjacent to an activating group) is 1. The highest BCUT2D eigenvalue weighted by molar-refractivity contribution is 9.10. The van der Waals surface area contributed by atoms with Crippen molar-refractivity contribution in [1.29, 1.82) is 0 Å². The van der Waals surface area contributed by atoms with Gasteiger partial charge in [-0.1, -0.05) is 15.9 Å². The molecule has 0 spiro atoms. The van der Waals surface area contributed by atoms with Crippen LogP contribution in [0.4, 0.5) is 5.69 Å². The molecule has 1 aliphatic rings. The minimum absolute atomic E-state index is 0.191. The van der Waals surface area contributed by atoms with Crippen LogP contribution >= 0.6 is 15.9 Å². The van der Waals surface area contributed by atoms with Crippen molar-refractivity contribution in [2.24, 2.45) is 5.73 Å². The average molecular weight is 326 g/mol. The molecule has 2 atom stereocenters. The van der Waals surface area contributed by atoms with Crippen LogP contribution in [0.5, 0.6) is 0 Å². The standard InChI is InChI=1S/C15H24BrN3/c1-11(17)8-13-9-14(16)4-5-15(13)19-7-6-18(3)10-12(19)2/h4-5,9,11-12H,6-8,10,17H2,1-3H3. The lowest BCUT2D eigenvalue weighted by molar-refractivity contribution is 0.275. The summed E-state index contributed by atoms with van der Waals surface area (Å²) in [7, 11) is 2.19. The lowest BCUT2D eigenvalue weighted by atomic mass is 10.0. The van der Waals surface area contributed by atoms with E-state index in [1.54, 1.807) is 0 Å². The fourth-order valence-electron chi connectivity index (χ4n) is 2.84. The molecule has 0 saturated carbocycles. The van der Waals surface area contributed by atoms with E-state index >= 15 is 0 Å². The van der Waals surface area contributed by atoms with Crippen molar-refractivity contribution in [1.82, 2.24) is 4.90 Å². The largest absolute Gasteiger partial charge is 0.366 e. The van der Waals surface area contributed by atoms with E-state index in [1.165, 1.54) is 11.3 Å². The second kappa shape index (κ2) is 6.25. The number of piperazine rings is 1. The number of benzene rings is 1. The Bertz CT molecular complexity index is 433. The Kier molecular flexibility index (Phi) is 4.87. The van der Waals surface area contributed by atoms with Gasteiger partial charge in [-0.05, 0) is 51.1 Å². The van der Waals surface area contributed by atoms with Crippen LogP contribution in [0.25, 0.3) is 0 Å². The predicted molar refractivity (Wildman–Crippen MR) is 85.8 cm³/mol. The summed E-state index contributed by atoms with van der Waals surface area (Å²) in [6.07, 6.45) is 0.924. The van der Waals surface area contributed by atoms with Gasteiger partial charge in [0.1, 0.15) is 0 Å². The average Bonchev–Trinajstić information content (AvgIpc) is 2.30. The molecule has 2 unspecified atom stereocenters. The van der Waals surface area contributed by atoms with E-state index in [1.807, 2.05) is 0 Å². The summed E-state index contributed by atoms with van der Waals surface area (Å²) in [5, 5.41) is 0. The van der Waals surface area contributed by atoms with Crippen LogP contribution < -0.4 is 10.6 Å². The van der Waals surface area contributed by atoms with Gasteiger partial charge in [0.15, 0.2) is 0 Å². The Hall–Kier alpha value is -0.580. The van der Waals surface area contributed by atoms with Crippen molar-refractivity contribution in [3.63, 3.8) is 0 Å². The second-order valence-corrected chi connectivity index (χ2v) is 6.67. The summed E-state index contributed by atoms with van der Waals surface area (Å²) in [6, 6.07) is 7.31. The van der Waals surface area contributed by atoms with E-state index in [-0.39, 0.29) is 6.04 Å². The van der Waals surface area contributed by atoms with Crippen molar-refractivity contribution in [3.8, 4) is 0 Å². The first-order chi connectivity index (χ1) is 8.97. The predicted octanol–water partition coefficient (Wildman–Crippen LogP) is 2.48. The fraction of sp³-hybridized carbons (Fsp3) is 0.600. The summed E-state index contributed by atoms with van der Waals surface area (Å²) in [4.78, 5) is 4.91. The van der Waals surface area contributed by atoms with Gasteiger partial charge in [0.2, 0.25) is 0 Å². The maximum Gasteiger partial charge on any atom is 0.0403 e. The molecule has 0 amide bonds. The molecule has 1 heterocycles. The molecule has 106 valence electrons. The molecule has 0 bridgehead atoms. The second-order valence-electron chi connectivity index (χ2n) is 5.76. The molecule has 19 heavy (non-hydrogen) atoms. The van der Waals surface area contributed by atoms with E-state index in [0.29, 0.717) is 6.04 Å². The first kappa shape index (κ1) is 14.8. The molecule has 1 saturated heterocycles. The van der Waals surface area contributed by atoms with Crippen molar-refractivity contribution in [3.05, 3.63) is 28.2 Å². The zero-order valence-electron chi connectivity index (χ0n) is 12.1. The van der Waals surface area contributed by atoms with E-state index in [9.17, 15) is 0 Å². The van der Waals surface area contributed by atoms with Crippen molar-refractivity contribution in [2.75, 3.05) is 31.6 Å². The minimum atomic E-state index is 0.191. The number of nitrogens with two attached hydrogens (primary N) is 1. The van der Waals surface area contributed by atoms with Gasteiger partial charge in [0.05, 0.1) is 0 Å². The highest BCUT2D eigenvalue weighted by Gasteiger charge is 2.23. The maximum atomic E-state index is 5.99. The summed E-state index contributed by atoms with van der Waals surface area (Å²) in [6.45, 7) is 7.70. The van der Waals surface area contributed by atoms with Crippen LogP contribution in [0, 0.1) is 0 Å². The van der Waals surface area contributed by atoms with Gasteiger partial charge in [-0.25, -0.2) is 0 Å². The molecular formula is C15H24BrN3. The van der Waals surface area contributed by atoms with Gasteiger partial charge in [0, 0.05) is 41.9 Å². The van der Waals surface area contributed by atoms with Crippen LogP contribution in [0.2, 0.25) is 0 Å². The lowest BCUT2D eigenvalue weighted by Gasteiger charge is -2.41.